The number of hydrogen-bond donors (Lipinski definition) is 2. The zero-order valence-corrected chi connectivity index (χ0v) is 12.9. The molecule has 1 unspecified atom stereocenters. The van der Waals surface area contributed by atoms with Crippen molar-refractivity contribution >= 4 is 17.9 Å². The van der Waals surface area contributed by atoms with Gasteiger partial charge in [-0.1, -0.05) is 17.1 Å². The summed E-state index contributed by atoms with van der Waals surface area (Å²) in [5, 5.41) is 6.93. The van der Waals surface area contributed by atoms with Gasteiger partial charge in [-0.15, -0.1) is 0 Å². The molecule has 1 aliphatic heterocycles. The van der Waals surface area contributed by atoms with E-state index < -0.39 is 0 Å². The molecule has 2 heterocycles. The molecule has 1 aromatic heterocycles. The largest absolute Gasteiger partial charge is 0.360 e. The molecule has 0 bridgehead atoms. The number of nitrogens with zero attached hydrogens (tertiary/aromatic N) is 2. The molecule has 0 aromatic carbocycles. The number of carbonyl (C=O) groups excluding carboxylic acids is 1. The highest BCUT2D eigenvalue weighted by Gasteiger charge is 2.30. The quantitative estimate of drug-likeness (QED) is 0.584. The van der Waals surface area contributed by atoms with Crippen molar-refractivity contribution in [1.82, 2.24) is 14.8 Å². The molecule has 1 amide bonds. The van der Waals surface area contributed by atoms with Gasteiger partial charge >= 0.3 is 0 Å². The second-order valence-corrected chi connectivity index (χ2v) is 6.89. The van der Waals surface area contributed by atoms with Gasteiger partial charge in [-0.2, -0.15) is 0 Å². The summed E-state index contributed by atoms with van der Waals surface area (Å²) < 4.78 is 7.53. The topological polar surface area (TPSA) is 84.4 Å². The van der Waals surface area contributed by atoms with Gasteiger partial charge in [-0.3, -0.25) is 4.79 Å². The van der Waals surface area contributed by atoms with Crippen LogP contribution < -0.4 is 11.1 Å². The summed E-state index contributed by atoms with van der Waals surface area (Å²) in [4.78, 5) is 12.1. The number of hydrogen-bond acceptors (Lipinski definition) is 6. The first-order valence-electron chi connectivity index (χ1n) is 7.61. The molecular formula is C14H22N4O2S. The smallest absolute Gasteiger partial charge is 0.273 e. The van der Waals surface area contributed by atoms with Crippen molar-refractivity contribution in [3.63, 3.8) is 0 Å². The van der Waals surface area contributed by atoms with Gasteiger partial charge in [0.15, 0.2) is 5.69 Å². The van der Waals surface area contributed by atoms with E-state index in [0.717, 1.165) is 56.8 Å². The summed E-state index contributed by atoms with van der Waals surface area (Å²) in [6, 6.07) is 1.99. The zero-order valence-electron chi connectivity index (χ0n) is 12.1. The molecule has 1 atom stereocenters. The van der Waals surface area contributed by atoms with Crippen LogP contribution in [0.3, 0.4) is 0 Å². The van der Waals surface area contributed by atoms with Gasteiger partial charge in [0, 0.05) is 36.9 Å². The van der Waals surface area contributed by atoms with E-state index in [0.29, 0.717) is 11.6 Å². The number of amides is 1. The maximum absolute atomic E-state index is 12.1. The number of aromatic nitrogens is 1. The second kappa shape index (κ2) is 6.81. The van der Waals surface area contributed by atoms with Crippen molar-refractivity contribution in [2.75, 3.05) is 25.4 Å². The molecule has 2 aliphatic rings. The van der Waals surface area contributed by atoms with E-state index in [-0.39, 0.29) is 11.9 Å². The third-order valence-electron chi connectivity index (χ3n) is 3.85. The van der Waals surface area contributed by atoms with E-state index >= 15 is 0 Å². The van der Waals surface area contributed by atoms with E-state index in [4.69, 9.17) is 10.3 Å². The van der Waals surface area contributed by atoms with Gasteiger partial charge in [0.25, 0.3) is 5.91 Å². The summed E-state index contributed by atoms with van der Waals surface area (Å²) in [6.07, 6.45) is 4.30. The van der Waals surface area contributed by atoms with Gasteiger partial charge in [0.2, 0.25) is 0 Å². The van der Waals surface area contributed by atoms with Crippen LogP contribution in [-0.4, -0.2) is 46.8 Å². The van der Waals surface area contributed by atoms with Crippen molar-refractivity contribution in [2.45, 2.75) is 37.6 Å². The summed E-state index contributed by atoms with van der Waals surface area (Å²) in [6.45, 7) is 2.62. The Kier molecular flexibility index (Phi) is 4.82. The first kappa shape index (κ1) is 14.9. The van der Waals surface area contributed by atoms with Gasteiger partial charge in [-0.05, 0) is 32.2 Å². The van der Waals surface area contributed by atoms with Crippen LogP contribution in [0.25, 0.3) is 0 Å². The second-order valence-electron chi connectivity index (χ2n) is 5.71. The van der Waals surface area contributed by atoms with Crippen LogP contribution >= 0.6 is 11.9 Å². The highest BCUT2D eigenvalue weighted by atomic mass is 32.2. The highest BCUT2D eigenvalue weighted by molar-refractivity contribution is 7.97. The van der Waals surface area contributed by atoms with E-state index in [1.54, 1.807) is 6.07 Å². The normalized spacial score (nSPS) is 22.6. The van der Waals surface area contributed by atoms with E-state index in [2.05, 4.69) is 14.8 Å². The Labute approximate surface area is 128 Å². The molecule has 2 fully saturated rings. The Hall–Kier alpha value is -1.05. The first-order valence-corrected chi connectivity index (χ1v) is 8.56. The molecule has 0 radical (unpaired) electrons. The molecule has 1 saturated heterocycles. The Morgan fingerprint density at radius 1 is 1.52 bits per heavy atom. The number of rotatable bonds is 7. The molecule has 21 heavy (non-hydrogen) atoms. The van der Waals surface area contributed by atoms with Crippen LogP contribution in [0.2, 0.25) is 0 Å². The minimum Gasteiger partial charge on any atom is -0.360 e. The molecule has 1 aromatic rings. The SMILES string of the molecule is NCCCSN1CCC(NC(=O)c2cc(C3CC3)on2)C1. The lowest BCUT2D eigenvalue weighted by Gasteiger charge is -2.15. The predicted molar refractivity (Wildman–Crippen MR) is 82.1 cm³/mol. The molecule has 3 N–H and O–H groups in total. The lowest BCUT2D eigenvalue weighted by molar-refractivity contribution is 0.0930. The Morgan fingerprint density at radius 3 is 3.14 bits per heavy atom. The van der Waals surface area contributed by atoms with Crippen molar-refractivity contribution in [2.24, 2.45) is 5.73 Å². The molecule has 1 saturated carbocycles. The average molecular weight is 310 g/mol. The lowest BCUT2D eigenvalue weighted by Crippen LogP contribution is -2.36. The summed E-state index contributed by atoms with van der Waals surface area (Å²) in [7, 11) is 0. The number of nitrogens with two attached hydrogens (primary N) is 1. The Morgan fingerprint density at radius 2 is 2.38 bits per heavy atom. The van der Waals surface area contributed by atoms with Crippen molar-refractivity contribution in [3.05, 3.63) is 17.5 Å². The molecule has 116 valence electrons. The first-order chi connectivity index (χ1) is 10.3. The summed E-state index contributed by atoms with van der Waals surface area (Å²) in [5.74, 6) is 2.26. The van der Waals surface area contributed by atoms with Gasteiger partial charge in [0.1, 0.15) is 5.76 Å². The van der Waals surface area contributed by atoms with Gasteiger partial charge in [0.05, 0.1) is 0 Å². The van der Waals surface area contributed by atoms with E-state index in [1.165, 1.54) is 0 Å². The van der Waals surface area contributed by atoms with Gasteiger partial charge < -0.3 is 15.6 Å². The van der Waals surface area contributed by atoms with Crippen LogP contribution in [0.1, 0.15) is 47.8 Å². The lowest BCUT2D eigenvalue weighted by atomic mass is 10.2. The van der Waals surface area contributed by atoms with E-state index in [1.807, 2.05) is 11.9 Å². The zero-order chi connectivity index (χ0) is 14.7. The molecule has 0 spiro atoms. The standard InChI is InChI=1S/C14H22N4O2S/c15-5-1-7-21-18-6-4-11(9-18)16-14(19)12-8-13(20-17-12)10-2-3-10/h8,10-11H,1-7,9,15H2,(H,16,19). The molecule has 7 heteroatoms. The molecule has 6 nitrogen and oxygen atoms in total. The average Bonchev–Trinajstić information content (AvgIpc) is 3.04. The predicted octanol–water partition coefficient (Wildman–Crippen LogP) is 1.35. The number of nitrogens with one attached hydrogen (secondary N) is 1. The fourth-order valence-electron chi connectivity index (χ4n) is 2.46. The third kappa shape index (κ3) is 3.99. The Balaban J connectivity index is 1.44. The van der Waals surface area contributed by atoms with Crippen LogP contribution in [-0.2, 0) is 0 Å². The molecule has 1 aliphatic carbocycles. The van der Waals surface area contributed by atoms with Crippen LogP contribution in [0.5, 0.6) is 0 Å². The monoisotopic (exact) mass is 310 g/mol. The van der Waals surface area contributed by atoms with E-state index in [9.17, 15) is 4.79 Å². The number of carbonyl (C=O) groups is 1. The fraction of sp³-hybridized carbons (Fsp3) is 0.714. The van der Waals surface area contributed by atoms with Crippen molar-refractivity contribution in [3.8, 4) is 0 Å². The van der Waals surface area contributed by atoms with Crippen LogP contribution in [0.15, 0.2) is 10.6 Å². The third-order valence-corrected chi connectivity index (χ3v) is 5.02. The van der Waals surface area contributed by atoms with Crippen molar-refractivity contribution in [1.29, 1.82) is 0 Å². The van der Waals surface area contributed by atoms with Crippen molar-refractivity contribution < 1.29 is 9.32 Å². The maximum Gasteiger partial charge on any atom is 0.273 e. The minimum absolute atomic E-state index is 0.121. The molecule has 3 rings (SSSR count). The summed E-state index contributed by atoms with van der Waals surface area (Å²) >= 11 is 1.82. The molecular weight excluding hydrogens is 288 g/mol. The van der Waals surface area contributed by atoms with Crippen LogP contribution in [0.4, 0.5) is 0 Å². The maximum atomic E-state index is 12.1. The summed E-state index contributed by atoms with van der Waals surface area (Å²) in [5.41, 5.74) is 5.90. The minimum atomic E-state index is -0.121. The Bertz CT molecular complexity index is 489. The van der Waals surface area contributed by atoms with Gasteiger partial charge in [-0.25, -0.2) is 4.31 Å². The highest BCUT2D eigenvalue weighted by Crippen LogP contribution is 2.40. The van der Waals surface area contributed by atoms with Crippen LogP contribution in [0, 0.1) is 0 Å². The fourth-order valence-corrected chi connectivity index (χ4v) is 3.53.